The van der Waals surface area contributed by atoms with E-state index in [-0.39, 0.29) is 24.7 Å². The van der Waals surface area contributed by atoms with E-state index in [1.165, 1.54) is 14.2 Å². The van der Waals surface area contributed by atoms with Crippen LogP contribution in [-0.2, 0) is 16.0 Å². The first-order valence-electron chi connectivity index (χ1n) is 9.45. The topological polar surface area (TPSA) is 107 Å². The maximum atomic E-state index is 12.3. The average Bonchev–Trinajstić information content (AvgIpc) is 2.77. The van der Waals surface area contributed by atoms with E-state index in [1.54, 1.807) is 57.5 Å². The molecule has 0 aliphatic carbocycles. The fraction of sp³-hybridized carbons (Fsp3) is 0.318. The van der Waals surface area contributed by atoms with Crippen LogP contribution in [-0.4, -0.2) is 46.0 Å². The second-order valence-electron chi connectivity index (χ2n) is 6.54. The van der Waals surface area contributed by atoms with Gasteiger partial charge in [0.25, 0.3) is 0 Å². The summed E-state index contributed by atoms with van der Waals surface area (Å²) < 4.78 is 20.8. The molecule has 2 N–H and O–H groups in total. The van der Waals surface area contributed by atoms with Crippen LogP contribution in [0, 0.1) is 0 Å². The van der Waals surface area contributed by atoms with Crippen molar-refractivity contribution in [2.45, 2.75) is 19.8 Å². The van der Waals surface area contributed by atoms with Crippen molar-refractivity contribution in [1.82, 2.24) is 5.43 Å². The summed E-state index contributed by atoms with van der Waals surface area (Å²) >= 11 is 0. The van der Waals surface area contributed by atoms with Gasteiger partial charge in [-0.15, -0.1) is 0 Å². The summed E-state index contributed by atoms with van der Waals surface area (Å²) in [5.74, 6) is 1.61. The Hall–Kier alpha value is -3.75. The van der Waals surface area contributed by atoms with E-state index in [2.05, 4.69) is 15.8 Å². The maximum Gasteiger partial charge on any atom is 0.244 e. The van der Waals surface area contributed by atoms with Crippen molar-refractivity contribution in [3.05, 3.63) is 42.0 Å². The molecule has 0 atom stereocenters. The molecule has 0 radical (unpaired) electrons. The van der Waals surface area contributed by atoms with Crippen LogP contribution in [0.3, 0.4) is 0 Å². The predicted octanol–water partition coefficient (Wildman–Crippen LogP) is 2.78. The third kappa shape index (κ3) is 6.91. The first-order valence-corrected chi connectivity index (χ1v) is 9.45. The summed E-state index contributed by atoms with van der Waals surface area (Å²) in [4.78, 5) is 24.5. The SMILES string of the molecule is COc1ccc(NC(=O)CC(C)=NNC(=O)Cc2ccc(OC)c(OC)c2)c(OC)c1. The number of carbonyl (C=O) groups excluding carboxylic acids is 2. The van der Waals surface area contributed by atoms with Crippen molar-refractivity contribution in [3.8, 4) is 23.0 Å². The third-order valence-corrected chi connectivity index (χ3v) is 4.28. The number of amides is 2. The Kier molecular flexibility index (Phi) is 8.68. The molecule has 0 aliphatic rings. The van der Waals surface area contributed by atoms with Crippen LogP contribution in [0.4, 0.5) is 5.69 Å². The van der Waals surface area contributed by atoms with E-state index in [4.69, 9.17) is 18.9 Å². The van der Waals surface area contributed by atoms with Gasteiger partial charge in [-0.05, 0) is 36.8 Å². The lowest BCUT2D eigenvalue weighted by molar-refractivity contribution is -0.120. The van der Waals surface area contributed by atoms with Gasteiger partial charge in [-0.3, -0.25) is 9.59 Å². The van der Waals surface area contributed by atoms with Gasteiger partial charge in [-0.2, -0.15) is 5.10 Å². The van der Waals surface area contributed by atoms with Gasteiger partial charge in [-0.25, -0.2) is 5.43 Å². The lowest BCUT2D eigenvalue weighted by Gasteiger charge is -2.11. The predicted molar refractivity (Wildman–Crippen MR) is 117 cm³/mol. The molecule has 2 rings (SSSR count). The molecule has 0 heterocycles. The first-order chi connectivity index (χ1) is 14.9. The summed E-state index contributed by atoms with van der Waals surface area (Å²) in [5, 5.41) is 6.75. The Morgan fingerprint density at radius 1 is 0.839 bits per heavy atom. The Labute approximate surface area is 181 Å². The molecule has 0 aliphatic heterocycles. The van der Waals surface area contributed by atoms with E-state index in [0.29, 0.717) is 34.4 Å². The summed E-state index contributed by atoms with van der Waals surface area (Å²) in [7, 11) is 6.13. The zero-order valence-electron chi connectivity index (χ0n) is 18.3. The molecule has 166 valence electrons. The molecule has 0 bridgehead atoms. The monoisotopic (exact) mass is 429 g/mol. The number of nitrogens with zero attached hydrogens (tertiary/aromatic N) is 1. The molecule has 0 aromatic heterocycles. The van der Waals surface area contributed by atoms with Crippen LogP contribution in [0.1, 0.15) is 18.9 Å². The molecule has 9 nitrogen and oxygen atoms in total. The lowest BCUT2D eigenvalue weighted by Crippen LogP contribution is -2.23. The van der Waals surface area contributed by atoms with E-state index in [0.717, 1.165) is 5.56 Å². The molecule has 0 saturated carbocycles. The minimum absolute atomic E-state index is 0.00578. The van der Waals surface area contributed by atoms with Gasteiger partial charge in [0, 0.05) is 11.8 Å². The van der Waals surface area contributed by atoms with Gasteiger partial charge in [-0.1, -0.05) is 6.07 Å². The number of methoxy groups -OCH3 is 4. The molecule has 9 heteroatoms. The third-order valence-electron chi connectivity index (χ3n) is 4.28. The van der Waals surface area contributed by atoms with Crippen LogP contribution in [0.2, 0.25) is 0 Å². The molecule has 0 saturated heterocycles. The van der Waals surface area contributed by atoms with E-state index < -0.39 is 0 Å². The van der Waals surface area contributed by atoms with Crippen LogP contribution in [0.5, 0.6) is 23.0 Å². The molecule has 0 spiro atoms. The number of carbonyl (C=O) groups is 2. The molecule has 0 fully saturated rings. The van der Waals surface area contributed by atoms with Crippen molar-refractivity contribution in [1.29, 1.82) is 0 Å². The van der Waals surface area contributed by atoms with E-state index >= 15 is 0 Å². The fourth-order valence-corrected chi connectivity index (χ4v) is 2.74. The second-order valence-corrected chi connectivity index (χ2v) is 6.54. The van der Waals surface area contributed by atoms with Crippen molar-refractivity contribution in [3.63, 3.8) is 0 Å². The van der Waals surface area contributed by atoms with Gasteiger partial charge in [0.2, 0.25) is 11.8 Å². The summed E-state index contributed by atoms with van der Waals surface area (Å²) in [5.41, 5.74) is 4.16. The minimum Gasteiger partial charge on any atom is -0.497 e. The number of hydrogen-bond donors (Lipinski definition) is 2. The highest BCUT2D eigenvalue weighted by atomic mass is 16.5. The van der Waals surface area contributed by atoms with Gasteiger partial charge in [0.15, 0.2) is 11.5 Å². The zero-order chi connectivity index (χ0) is 22.8. The molecular formula is C22H27N3O6. The number of benzene rings is 2. The second kappa shape index (κ2) is 11.4. The summed E-state index contributed by atoms with van der Waals surface area (Å²) in [6.45, 7) is 1.65. The van der Waals surface area contributed by atoms with Crippen molar-refractivity contribution < 1.29 is 28.5 Å². The van der Waals surface area contributed by atoms with Crippen molar-refractivity contribution in [2.75, 3.05) is 33.8 Å². The Balaban J connectivity index is 1.91. The van der Waals surface area contributed by atoms with Crippen LogP contribution < -0.4 is 29.7 Å². The Morgan fingerprint density at radius 3 is 2.19 bits per heavy atom. The largest absolute Gasteiger partial charge is 0.497 e. The number of rotatable bonds is 10. The molecule has 2 aromatic rings. The standard InChI is InChI=1S/C22H27N3O6/c1-14(10-21(26)23-17-8-7-16(28-2)13-19(17)30-4)24-25-22(27)12-15-6-9-18(29-3)20(11-15)31-5/h6-9,11,13H,10,12H2,1-5H3,(H,23,26)(H,25,27). The van der Waals surface area contributed by atoms with Gasteiger partial charge < -0.3 is 24.3 Å². The van der Waals surface area contributed by atoms with E-state index in [1.807, 2.05) is 0 Å². The summed E-state index contributed by atoms with van der Waals surface area (Å²) in [6, 6.07) is 10.3. The van der Waals surface area contributed by atoms with Crippen molar-refractivity contribution in [2.24, 2.45) is 5.10 Å². The average molecular weight is 429 g/mol. The normalized spacial score (nSPS) is 10.8. The highest BCUT2D eigenvalue weighted by molar-refractivity contribution is 6.06. The minimum atomic E-state index is -0.316. The smallest absolute Gasteiger partial charge is 0.244 e. The van der Waals surface area contributed by atoms with E-state index in [9.17, 15) is 9.59 Å². The Morgan fingerprint density at radius 2 is 1.55 bits per heavy atom. The number of hydrazone groups is 1. The zero-order valence-corrected chi connectivity index (χ0v) is 18.3. The molecule has 2 amide bonds. The summed E-state index contributed by atoms with van der Waals surface area (Å²) in [6.07, 6.45) is 0.109. The van der Waals surface area contributed by atoms with Crippen molar-refractivity contribution >= 4 is 23.2 Å². The van der Waals surface area contributed by atoms with Crippen LogP contribution in [0.15, 0.2) is 41.5 Å². The van der Waals surface area contributed by atoms with Gasteiger partial charge in [0.1, 0.15) is 11.5 Å². The first kappa shape index (κ1) is 23.5. The molecule has 0 unspecified atom stereocenters. The maximum absolute atomic E-state index is 12.3. The number of anilines is 1. The quantitative estimate of drug-likeness (QED) is 0.444. The number of nitrogens with one attached hydrogen (secondary N) is 2. The highest BCUT2D eigenvalue weighted by Crippen LogP contribution is 2.29. The Bertz CT molecular complexity index is 958. The lowest BCUT2D eigenvalue weighted by atomic mass is 10.1. The highest BCUT2D eigenvalue weighted by Gasteiger charge is 2.11. The molecule has 31 heavy (non-hydrogen) atoms. The van der Waals surface area contributed by atoms with Gasteiger partial charge >= 0.3 is 0 Å². The fourth-order valence-electron chi connectivity index (χ4n) is 2.74. The van der Waals surface area contributed by atoms with Crippen LogP contribution in [0.25, 0.3) is 0 Å². The van der Waals surface area contributed by atoms with Crippen LogP contribution >= 0.6 is 0 Å². The molecule has 2 aromatic carbocycles. The molecular weight excluding hydrogens is 402 g/mol. The van der Waals surface area contributed by atoms with Gasteiger partial charge in [0.05, 0.1) is 47.0 Å². The number of hydrogen-bond acceptors (Lipinski definition) is 7. The number of ether oxygens (including phenoxy) is 4.